The Labute approximate surface area is 125 Å². The summed E-state index contributed by atoms with van der Waals surface area (Å²) in [5.41, 5.74) is 2.04. The van der Waals surface area contributed by atoms with Crippen molar-refractivity contribution in [1.82, 2.24) is 15.5 Å². The summed E-state index contributed by atoms with van der Waals surface area (Å²) in [6.07, 6.45) is 6.44. The summed E-state index contributed by atoms with van der Waals surface area (Å²) >= 11 is 0. The van der Waals surface area contributed by atoms with Crippen LogP contribution in [0.2, 0.25) is 0 Å². The summed E-state index contributed by atoms with van der Waals surface area (Å²) in [7, 11) is 0. The minimum Gasteiger partial charge on any atom is -0.423 e. The third-order valence-corrected chi connectivity index (χ3v) is 3.93. The van der Waals surface area contributed by atoms with Crippen LogP contribution < -0.4 is 10.6 Å². The van der Waals surface area contributed by atoms with E-state index in [-0.39, 0.29) is 0 Å². The second-order valence-electron chi connectivity index (χ2n) is 5.75. The van der Waals surface area contributed by atoms with E-state index < -0.39 is 0 Å². The lowest BCUT2D eigenvalue weighted by Gasteiger charge is -2.27. The Hall–Kier alpha value is -1.88. The van der Waals surface area contributed by atoms with Gasteiger partial charge in [-0.05, 0) is 50.9 Å². The number of benzene rings is 1. The topological polar surface area (TPSA) is 63.0 Å². The zero-order valence-corrected chi connectivity index (χ0v) is 12.4. The minimum atomic E-state index is 0.429. The van der Waals surface area contributed by atoms with Crippen molar-refractivity contribution in [2.45, 2.75) is 44.7 Å². The van der Waals surface area contributed by atoms with Gasteiger partial charge in [-0.15, -0.1) is 10.2 Å². The number of nitrogens with zero attached hydrogens (tertiary/aromatic N) is 2. The largest absolute Gasteiger partial charge is 0.423 e. The molecule has 0 aliphatic carbocycles. The molecule has 1 aliphatic heterocycles. The van der Waals surface area contributed by atoms with Gasteiger partial charge in [0.1, 0.15) is 0 Å². The lowest BCUT2D eigenvalue weighted by molar-refractivity contribution is 0.371. The molecule has 2 heterocycles. The first-order chi connectivity index (χ1) is 10.3. The first-order valence-electron chi connectivity index (χ1n) is 7.68. The third kappa shape index (κ3) is 3.82. The van der Waals surface area contributed by atoms with Gasteiger partial charge < -0.3 is 15.1 Å². The van der Waals surface area contributed by atoms with Gasteiger partial charge in [0.05, 0.1) is 0 Å². The van der Waals surface area contributed by atoms with E-state index in [0.717, 1.165) is 24.2 Å². The fourth-order valence-electron chi connectivity index (χ4n) is 2.94. The molecule has 1 fully saturated rings. The Morgan fingerprint density at radius 3 is 3.14 bits per heavy atom. The molecule has 0 spiro atoms. The van der Waals surface area contributed by atoms with E-state index >= 15 is 0 Å². The monoisotopic (exact) mass is 286 g/mol. The van der Waals surface area contributed by atoms with E-state index in [9.17, 15) is 0 Å². The van der Waals surface area contributed by atoms with Gasteiger partial charge in [-0.25, -0.2) is 0 Å². The Bertz CT molecular complexity index is 549. The normalized spacial score (nSPS) is 20.1. The average Bonchev–Trinajstić information content (AvgIpc) is 3.02. The minimum absolute atomic E-state index is 0.429. The summed E-state index contributed by atoms with van der Waals surface area (Å²) in [4.78, 5) is 0. The predicted octanol–water partition coefficient (Wildman–Crippen LogP) is 3.07. The molecule has 5 heteroatoms. The molecule has 1 aromatic heterocycles. The summed E-state index contributed by atoms with van der Waals surface area (Å²) in [5, 5.41) is 14.8. The average molecular weight is 286 g/mol. The highest BCUT2D eigenvalue weighted by molar-refractivity contribution is 5.61. The number of hydrogen-bond donors (Lipinski definition) is 2. The third-order valence-electron chi connectivity index (χ3n) is 3.93. The highest BCUT2D eigenvalue weighted by Crippen LogP contribution is 2.22. The van der Waals surface area contributed by atoms with Crippen LogP contribution in [0.3, 0.4) is 0 Å². The maximum Gasteiger partial charge on any atom is 0.247 e. The molecule has 112 valence electrons. The molecule has 2 aromatic rings. The zero-order chi connectivity index (χ0) is 14.5. The lowest BCUT2D eigenvalue weighted by Crippen LogP contribution is -2.37. The number of hydrogen-bond acceptors (Lipinski definition) is 5. The van der Waals surface area contributed by atoms with E-state index in [2.05, 4.69) is 39.9 Å². The van der Waals surface area contributed by atoms with Crippen LogP contribution in [0.4, 0.5) is 5.69 Å². The molecule has 2 atom stereocenters. The van der Waals surface area contributed by atoms with E-state index in [1.54, 1.807) is 0 Å². The van der Waals surface area contributed by atoms with Gasteiger partial charge in [0.2, 0.25) is 12.3 Å². The van der Waals surface area contributed by atoms with Gasteiger partial charge in [0, 0.05) is 23.3 Å². The van der Waals surface area contributed by atoms with Gasteiger partial charge in [-0.3, -0.25) is 0 Å². The molecule has 5 nitrogen and oxygen atoms in total. The van der Waals surface area contributed by atoms with E-state index in [4.69, 9.17) is 4.42 Å². The Kier molecular flexibility index (Phi) is 4.50. The van der Waals surface area contributed by atoms with Crippen LogP contribution in [0.1, 0.15) is 32.6 Å². The van der Waals surface area contributed by atoms with Crippen LogP contribution in [0.15, 0.2) is 35.1 Å². The summed E-state index contributed by atoms with van der Waals surface area (Å²) < 4.78 is 5.24. The molecular formula is C16H22N4O. The molecule has 2 N–H and O–H groups in total. The van der Waals surface area contributed by atoms with Crippen molar-refractivity contribution in [3.05, 3.63) is 30.7 Å². The Morgan fingerprint density at radius 1 is 1.43 bits per heavy atom. The summed E-state index contributed by atoms with van der Waals surface area (Å²) in [5.74, 6) is 0.556. The first-order valence-corrected chi connectivity index (χ1v) is 7.68. The van der Waals surface area contributed by atoms with Crippen molar-refractivity contribution in [2.75, 3.05) is 11.9 Å². The quantitative estimate of drug-likeness (QED) is 0.884. The number of nitrogens with one attached hydrogen (secondary N) is 2. The van der Waals surface area contributed by atoms with E-state index in [1.807, 2.05) is 12.1 Å². The van der Waals surface area contributed by atoms with Crippen LogP contribution in [-0.2, 0) is 0 Å². The molecule has 1 aliphatic rings. The maximum absolute atomic E-state index is 5.24. The maximum atomic E-state index is 5.24. The van der Waals surface area contributed by atoms with Gasteiger partial charge in [-0.1, -0.05) is 12.5 Å². The number of piperidine rings is 1. The van der Waals surface area contributed by atoms with Crippen molar-refractivity contribution >= 4 is 5.69 Å². The molecule has 0 saturated carbocycles. The van der Waals surface area contributed by atoms with Crippen LogP contribution in [0.25, 0.3) is 11.5 Å². The second kappa shape index (κ2) is 6.72. The van der Waals surface area contributed by atoms with Crippen LogP contribution in [-0.4, -0.2) is 28.8 Å². The van der Waals surface area contributed by atoms with Gasteiger partial charge in [0.15, 0.2) is 0 Å². The van der Waals surface area contributed by atoms with Crippen molar-refractivity contribution in [2.24, 2.45) is 0 Å². The number of rotatable bonds is 5. The standard InChI is InChI=1S/C16H22N4O/c1-12(9-14-6-2-3-8-17-14)19-15-7-4-5-13(10-15)16-20-18-11-21-16/h4-5,7,10-12,14,17,19H,2-3,6,8-9H2,1H3. The van der Waals surface area contributed by atoms with Crippen molar-refractivity contribution < 1.29 is 4.42 Å². The van der Waals surface area contributed by atoms with Crippen LogP contribution in [0, 0.1) is 0 Å². The molecule has 1 aromatic carbocycles. The predicted molar refractivity (Wildman–Crippen MR) is 83.1 cm³/mol. The molecule has 21 heavy (non-hydrogen) atoms. The molecule has 2 unspecified atom stereocenters. The fourth-order valence-corrected chi connectivity index (χ4v) is 2.94. The summed E-state index contributed by atoms with van der Waals surface area (Å²) in [6, 6.07) is 9.18. The van der Waals surface area contributed by atoms with Crippen LogP contribution >= 0.6 is 0 Å². The molecule has 0 amide bonds. The van der Waals surface area contributed by atoms with Gasteiger partial charge in [0.25, 0.3) is 0 Å². The van der Waals surface area contributed by atoms with E-state index in [1.165, 1.54) is 25.7 Å². The SMILES string of the molecule is CC(CC1CCCCN1)Nc1cccc(-c2nnco2)c1. The fraction of sp³-hybridized carbons (Fsp3) is 0.500. The first kappa shape index (κ1) is 14.1. The van der Waals surface area contributed by atoms with Gasteiger partial charge in [-0.2, -0.15) is 0 Å². The summed E-state index contributed by atoms with van der Waals surface area (Å²) in [6.45, 7) is 3.39. The lowest BCUT2D eigenvalue weighted by atomic mass is 9.98. The highest BCUT2D eigenvalue weighted by atomic mass is 16.4. The zero-order valence-electron chi connectivity index (χ0n) is 12.4. The van der Waals surface area contributed by atoms with Crippen LogP contribution in [0.5, 0.6) is 0 Å². The molecule has 3 rings (SSSR count). The Balaban J connectivity index is 1.60. The highest BCUT2D eigenvalue weighted by Gasteiger charge is 2.15. The number of aromatic nitrogens is 2. The second-order valence-corrected chi connectivity index (χ2v) is 5.75. The molecule has 0 radical (unpaired) electrons. The van der Waals surface area contributed by atoms with Crippen molar-refractivity contribution in [3.63, 3.8) is 0 Å². The van der Waals surface area contributed by atoms with E-state index in [0.29, 0.717) is 18.0 Å². The van der Waals surface area contributed by atoms with Gasteiger partial charge >= 0.3 is 0 Å². The molecule has 1 saturated heterocycles. The van der Waals surface area contributed by atoms with Crippen molar-refractivity contribution in [1.29, 1.82) is 0 Å². The smallest absolute Gasteiger partial charge is 0.247 e. The molecule has 0 bridgehead atoms. The number of anilines is 1. The molecular weight excluding hydrogens is 264 g/mol. The Morgan fingerprint density at radius 2 is 2.38 bits per heavy atom. The van der Waals surface area contributed by atoms with Crippen molar-refractivity contribution in [3.8, 4) is 11.5 Å².